The van der Waals surface area contributed by atoms with E-state index < -0.39 is 11.7 Å². The summed E-state index contributed by atoms with van der Waals surface area (Å²) < 4.78 is 6.90. The largest absolute Gasteiger partial charge is 0.444 e. The quantitative estimate of drug-likeness (QED) is 0.874. The second-order valence-electron chi connectivity index (χ2n) is 5.29. The Bertz CT molecular complexity index is 446. The van der Waals surface area contributed by atoms with Gasteiger partial charge in [-0.15, -0.1) is 0 Å². The maximum Gasteiger partial charge on any atom is 0.407 e. The molecule has 6 heteroatoms. The minimum absolute atomic E-state index is 0.151. The van der Waals surface area contributed by atoms with Crippen LogP contribution in [0.2, 0.25) is 0 Å². The normalized spacial score (nSPS) is 10.9. The minimum Gasteiger partial charge on any atom is -0.444 e. The molecule has 1 aromatic rings. The monoisotopic (exact) mass is 267 g/mol. The fourth-order valence-corrected chi connectivity index (χ4v) is 1.39. The van der Waals surface area contributed by atoms with Crippen LogP contribution in [0, 0.1) is 0 Å². The molecule has 0 atom stereocenters. The van der Waals surface area contributed by atoms with Crippen molar-refractivity contribution in [1.82, 2.24) is 9.88 Å². The number of rotatable bonds is 4. The molecule has 1 heterocycles. The molecule has 1 rings (SSSR count). The number of anilines is 1. The Morgan fingerprint density at radius 3 is 2.58 bits per heavy atom. The number of hydrogen-bond acceptors (Lipinski definition) is 3. The lowest BCUT2D eigenvalue weighted by Crippen LogP contribution is -2.34. The highest BCUT2D eigenvalue weighted by Crippen LogP contribution is 2.07. The Hall–Kier alpha value is -1.98. The number of carbonyl (C=O) groups is 2. The number of hydrogen-bond donors (Lipinski definition) is 2. The lowest BCUT2D eigenvalue weighted by Gasteiger charge is -2.19. The molecule has 0 aromatic carbocycles. The third-order valence-electron chi connectivity index (χ3n) is 2.14. The average molecular weight is 267 g/mol. The van der Waals surface area contributed by atoms with Gasteiger partial charge in [-0.2, -0.15) is 0 Å². The van der Waals surface area contributed by atoms with Crippen molar-refractivity contribution in [3.8, 4) is 0 Å². The molecule has 0 aliphatic rings. The van der Waals surface area contributed by atoms with Gasteiger partial charge in [0.25, 0.3) is 0 Å². The first-order valence-corrected chi connectivity index (χ1v) is 6.15. The Morgan fingerprint density at radius 2 is 2.05 bits per heavy atom. The average Bonchev–Trinajstić information content (AvgIpc) is 2.61. The van der Waals surface area contributed by atoms with Gasteiger partial charge in [0.2, 0.25) is 5.91 Å². The molecule has 1 aromatic heterocycles. The van der Waals surface area contributed by atoms with Crippen LogP contribution < -0.4 is 10.6 Å². The minimum atomic E-state index is -0.531. The van der Waals surface area contributed by atoms with E-state index in [1.165, 1.54) is 0 Å². The standard InChI is InChI=1S/C13H21N3O3/c1-13(2,3)19-12(18)14-7-5-11(17)15-10-6-8-16(4)9-10/h6,8-9H,5,7H2,1-4H3,(H,14,18)(H,15,17). The van der Waals surface area contributed by atoms with Gasteiger partial charge in [0.15, 0.2) is 0 Å². The van der Waals surface area contributed by atoms with Crippen LogP contribution >= 0.6 is 0 Å². The van der Waals surface area contributed by atoms with Crippen molar-refractivity contribution in [2.24, 2.45) is 7.05 Å². The van der Waals surface area contributed by atoms with Crippen molar-refractivity contribution >= 4 is 17.7 Å². The number of nitrogens with one attached hydrogen (secondary N) is 2. The summed E-state index contributed by atoms with van der Waals surface area (Å²) in [7, 11) is 1.87. The first-order chi connectivity index (χ1) is 8.76. The van der Waals surface area contributed by atoms with Gasteiger partial charge in [-0.1, -0.05) is 0 Å². The number of aryl methyl sites for hydroxylation is 1. The summed E-state index contributed by atoms with van der Waals surface area (Å²) in [6.45, 7) is 5.60. The molecule has 2 amide bonds. The molecule has 6 nitrogen and oxygen atoms in total. The molecule has 106 valence electrons. The Balaban J connectivity index is 2.22. The zero-order chi connectivity index (χ0) is 14.5. The molecule has 0 spiro atoms. The molecule has 0 bridgehead atoms. The summed E-state index contributed by atoms with van der Waals surface area (Å²) in [5, 5.41) is 5.27. The molecule has 2 N–H and O–H groups in total. The second kappa shape index (κ2) is 6.26. The SMILES string of the molecule is Cn1ccc(NC(=O)CCNC(=O)OC(C)(C)C)c1. The molecular weight excluding hydrogens is 246 g/mol. The van der Waals surface area contributed by atoms with Gasteiger partial charge in [-0.05, 0) is 26.8 Å². The van der Waals surface area contributed by atoms with Crippen LogP contribution in [0.25, 0.3) is 0 Å². The van der Waals surface area contributed by atoms with E-state index in [0.717, 1.165) is 5.69 Å². The van der Waals surface area contributed by atoms with Crippen LogP contribution in [0.1, 0.15) is 27.2 Å². The van der Waals surface area contributed by atoms with E-state index in [-0.39, 0.29) is 18.9 Å². The van der Waals surface area contributed by atoms with Gasteiger partial charge in [0, 0.05) is 32.4 Å². The maximum absolute atomic E-state index is 11.6. The van der Waals surface area contributed by atoms with E-state index in [2.05, 4.69) is 10.6 Å². The Morgan fingerprint density at radius 1 is 1.37 bits per heavy atom. The number of ether oxygens (including phenoxy) is 1. The summed E-state index contributed by atoms with van der Waals surface area (Å²) in [6, 6.07) is 1.80. The third-order valence-corrected chi connectivity index (χ3v) is 2.14. The highest BCUT2D eigenvalue weighted by molar-refractivity contribution is 5.90. The lowest BCUT2D eigenvalue weighted by atomic mass is 10.2. The van der Waals surface area contributed by atoms with Crippen LogP contribution in [-0.4, -0.2) is 28.7 Å². The highest BCUT2D eigenvalue weighted by atomic mass is 16.6. The van der Waals surface area contributed by atoms with E-state index in [1.54, 1.807) is 33.0 Å². The molecule has 0 fully saturated rings. The molecule has 0 aliphatic heterocycles. The van der Waals surface area contributed by atoms with E-state index in [4.69, 9.17) is 4.74 Å². The van der Waals surface area contributed by atoms with E-state index in [9.17, 15) is 9.59 Å². The van der Waals surface area contributed by atoms with Gasteiger partial charge < -0.3 is 19.9 Å². The Kier molecular flexibility index (Phi) is 4.97. The fourth-order valence-electron chi connectivity index (χ4n) is 1.39. The van der Waals surface area contributed by atoms with Crippen molar-refractivity contribution in [3.63, 3.8) is 0 Å². The molecule has 0 unspecified atom stereocenters. The molecule has 0 aliphatic carbocycles. The van der Waals surface area contributed by atoms with Crippen molar-refractivity contribution in [1.29, 1.82) is 0 Å². The topological polar surface area (TPSA) is 72.4 Å². The summed E-state index contributed by atoms with van der Waals surface area (Å²) >= 11 is 0. The van der Waals surface area contributed by atoms with Crippen LogP contribution in [0.15, 0.2) is 18.5 Å². The van der Waals surface area contributed by atoms with Crippen LogP contribution in [0.5, 0.6) is 0 Å². The van der Waals surface area contributed by atoms with Gasteiger partial charge >= 0.3 is 6.09 Å². The first-order valence-electron chi connectivity index (χ1n) is 6.15. The highest BCUT2D eigenvalue weighted by Gasteiger charge is 2.15. The molecular formula is C13H21N3O3. The fraction of sp³-hybridized carbons (Fsp3) is 0.538. The molecule has 0 radical (unpaired) electrons. The predicted molar refractivity (Wildman–Crippen MR) is 72.9 cm³/mol. The summed E-state index contributed by atoms with van der Waals surface area (Å²) in [5.41, 5.74) is 0.209. The molecule has 19 heavy (non-hydrogen) atoms. The van der Waals surface area contributed by atoms with E-state index >= 15 is 0 Å². The number of aromatic nitrogens is 1. The van der Waals surface area contributed by atoms with Crippen LogP contribution in [0.4, 0.5) is 10.5 Å². The third kappa shape index (κ3) is 6.49. The summed E-state index contributed by atoms with van der Waals surface area (Å²) in [6.07, 6.45) is 3.34. The smallest absolute Gasteiger partial charge is 0.407 e. The number of carbonyl (C=O) groups excluding carboxylic acids is 2. The second-order valence-corrected chi connectivity index (χ2v) is 5.29. The van der Waals surface area contributed by atoms with E-state index in [0.29, 0.717) is 0 Å². The number of nitrogens with zero attached hydrogens (tertiary/aromatic N) is 1. The van der Waals surface area contributed by atoms with E-state index in [1.807, 2.05) is 17.8 Å². The number of amides is 2. The van der Waals surface area contributed by atoms with Gasteiger partial charge in [0.05, 0.1) is 5.69 Å². The summed E-state index contributed by atoms with van der Waals surface area (Å²) in [5.74, 6) is -0.151. The Labute approximate surface area is 113 Å². The first kappa shape index (κ1) is 15.1. The van der Waals surface area contributed by atoms with Gasteiger partial charge in [-0.3, -0.25) is 4.79 Å². The summed E-state index contributed by atoms with van der Waals surface area (Å²) in [4.78, 5) is 22.9. The number of alkyl carbamates (subject to hydrolysis) is 1. The molecule has 0 saturated carbocycles. The lowest BCUT2D eigenvalue weighted by molar-refractivity contribution is -0.116. The maximum atomic E-state index is 11.6. The van der Waals surface area contributed by atoms with Crippen molar-refractivity contribution < 1.29 is 14.3 Å². The van der Waals surface area contributed by atoms with Crippen molar-refractivity contribution in [2.45, 2.75) is 32.8 Å². The predicted octanol–water partition coefficient (Wildman–Crippen LogP) is 1.88. The van der Waals surface area contributed by atoms with Gasteiger partial charge in [-0.25, -0.2) is 4.79 Å². The van der Waals surface area contributed by atoms with Crippen LogP contribution in [-0.2, 0) is 16.6 Å². The van der Waals surface area contributed by atoms with Crippen molar-refractivity contribution in [3.05, 3.63) is 18.5 Å². The van der Waals surface area contributed by atoms with Gasteiger partial charge in [0.1, 0.15) is 5.60 Å². The zero-order valence-electron chi connectivity index (χ0n) is 11.8. The zero-order valence-corrected chi connectivity index (χ0v) is 11.8. The molecule has 0 saturated heterocycles. The van der Waals surface area contributed by atoms with Crippen LogP contribution in [0.3, 0.4) is 0 Å². The van der Waals surface area contributed by atoms with Crippen molar-refractivity contribution in [2.75, 3.05) is 11.9 Å².